The van der Waals surface area contributed by atoms with E-state index in [2.05, 4.69) is 5.32 Å². The predicted molar refractivity (Wildman–Crippen MR) is 117 cm³/mol. The Hall–Kier alpha value is -2.96. The summed E-state index contributed by atoms with van der Waals surface area (Å²) in [5, 5.41) is 2.67. The number of carbonyl (C=O) groups is 1. The minimum Gasteiger partial charge on any atom is -0.467 e. The van der Waals surface area contributed by atoms with Crippen molar-refractivity contribution in [2.45, 2.75) is 20.1 Å². The van der Waals surface area contributed by atoms with Crippen LogP contribution in [-0.2, 0) is 36.1 Å². The Balaban J connectivity index is 1.58. The van der Waals surface area contributed by atoms with Gasteiger partial charge in [0.2, 0.25) is 5.91 Å². The van der Waals surface area contributed by atoms with E-state index in [0.29, 0.717) is 11.4 Å². The highest BCUT2D eigenvalue weighted by atomic mass is 31.2. The molecule has 0 atom stereocenters. The summed E-state index contributed by atoms with van der Waals surface area (Å²) in [6.07, 6.45) is 0. The molecule has 0 aliphatic heterocycles. The molecule has 0 aromatic heterocycles. The van der Waals surface area contributed by atoms with Crippen molar-refractivity contribution in [1.29, 1.82) is 0 Å². The molecule has 162 valence electrons. The van der Waals surface area contributed by atoms with Gasteiger partial charge >= 0.3 is 7.82 Å². The monoisotopic (exact) mass is 441 g/mol. The van der Waals surface area contributed by atoms with Crippen LogP contribution in [0.1, 0.15) is 18.1 Å². The zero-order valence-corrected chi connectivity index (χ0v) is 18.0. The fourth-order valence-corrected chi connectivity index (χ4v) is 3.58. The van der Waals surface area contributed by atoms with Gasteiger partial charge < -0.3 is 10.1 Å². The first kappa shape index (κ1) is 22.7. The number of hydrogen-bond acceptors (Lipinski definition) is 6. The van der Waals surface area contributed by atoms with E-state index >= 15 is 0 Å². The smallest absolute Gasteiger partial charge is 0.467 e. The molecule has 31 heavy (non-hydrogen) atoms. The van der Waals surface area contributed by atoms with Gasteiger partial charge in [-0.25, -0.2) is 9.09 Å². The van der Waals surface area contributed by atoms with Crippen molar-refractivity contribution in [3.8, 4) is 5.75 Å². The van der Waals surface area contributed by atoms with Crippen molar-refractivity contribution in [2.24, 2.45) is 0 Å². The maximum absolute atomic E-state index is 13.1. The Labute approximate surface area is 181 Å². The van der Waals surface area contributed by atoms with Gasteiger partial charge in [0.15, 0.2) is 6.79 Å². The molecule has 0 heterocycles. The third kappa shape index (κ3) is 8.00. The molecule has 3 aromatic rings. The Morgan fingerprint density at radius 2 is 1.29 bits per heavy atom. The van der Waals surface area contributed by atoms with E-state index in [4.69, 9.17) is 18.3 Å². The van der Waals surface area contributed by atoms with Crippen LogP contribution in [0.5, 0.6) is 5.75 Å². The Morgan fingerprint density at radius 1 is 0.774 bits per heavy atom. The van der Waals surface area contributed by atoms with Gasteiger partial charge in [0.1, 0.15) is 5.75 Å². The van der Waals surface area contributed by atoms with Crippen LogP contribution in [0, 0.1) is 0 Å². The molecule has 0 saturated carbocycles. The minimum atomic E-state index is -3.90. The van der Waals surface area contributed by atoms with Gasteiger partial charge in [-0.15, -0.1) is 0 Å². The average molecular weight is 441 g/mol. The van der Waals surface area contributed by atoms with Crippen molar-refractivity contribution in [1.82, 2.24) is 0 Å². The SMILES string of the molecule is CC(=O)Nc1ccc(OCOP(=O)(OCc2ccccc2)OCc2ccccc2)cc1. The number of benzene rings is 3. The van der Waals surface area contributed by atoms with E-state index in [9.17, 15) is 9.36 Å². The quantitative estimate of drug-likeness (QED) is 0.311. The lowest BCUT2D eigenvalue weighted by atomic mass is 10.2. The summed E-state index contributed by atoms with van der Waals surface area (Å²) in [7, 11) is -3.90. The summed E-state index contributed by atoms with van der Waals surface area (Å²) in [5.74, 6) is 0.316. The molecule has 1 N–H and O–H groups in total. The predicted octanol–water partition coefficient (Wildman–Crippen LogP) is 5.54. The van der Waals surface area contributed by atoms with E-state index in [1.54, 1.807) is 24.3 Å². The van der Waals surface area contributed by atoms with Crippen LogP contribution in [0.4, 0.5) is 5.69 Å². The number of rotatable bonds is 11. The van der Waals surface area contributed by atoms with Gasteiger partial charge in [-0.05, 0) is 35.4 Å². The van der Waals surface area contributed by atoms with Gasteiger partial charge in [-0.3, -0.25) is 13.8 Å². The summed E-state index contributed by atoms with van der Waals surface area (Å²) in [5.41, 5.74) is 2.32. The van der Waals surface area contributed by atoms with Crippen molar-refractivity contribution in [2.75, 3.05) is 12.1 Å². The Bertz CT molecular complexity index is 948. The summed E-state index contributed by atoms with van der Waals surface area (Å²) in [6.45, 7) is 1.23. The van der Waals surface area contributed by atoms with Crippen LogP contribution in [-0.4, -0.2) is 12.7 Å². The largest absolute Gasteiger partial charge is 0.478 e. The second-order valence-corrected chi connectivity index (χ2v) is 8.23. The van der Waals surface area contributed by atoms with Crippen molar-refractivity contribution < 1.29 is 27.7 Å². The zero-order chi connectivity index (χ0) is 21.9. The van der Waals surface area contributed by atoms with Crippen LogP contribution in [0.3, 0.4) is 0 Å². The van der Waals surface area contributed by atoms with E-state index in [0.717, 1.165) is 11.1 Å². The molecule has 3 aromatic carbocycles. The molecular weight excluding hydrogens is 417 g/mol. The lowest BCUT2D eigenvalue weighted by molar-refractivity contribution is -0.114. The number of anilines is 1. The van der Waals surface area contributed by atoms with Gasteiger partial charge in [-0.1, -0.05) is 60.7 Å². The standard InChI is InChI=1S/C23H24NO6P/c1-19(25)24-22-12-14-23(15-13-22)27-18-30-31(26,28-16-20-8-4-2-5-9-20)29-17-21-10-6-3-7-11-21/h2-15H,16-18H2,1H3,(H,24,25). The van der Waals surface area contributed by atoms with E-state index in [-0.39, 0.29) is 25.9 Å². The van der Waals surface area contributed by atoms with E-state index in [1.165, 1.54) is 6.92 Å². The van der Waals surface area contributed by atoms with Gasteiger partial charge in [0, 0.05) is 12.6 Å². The highest BCUT2D eigenvalue weighted by molar-refractivity contribution is 7.48. The first-order valence-corrected chi connectivity index (χ1v) is 11.1. The van der Waals surface area contributed by atoms with Crippen LogP contribution in [0.2, 0.25) is 0 Å². The highest BCUT2D eigenvalue weighted by Gasteiger charge is 2.27. The second-order valence-electron chi connectivity index (χ2n) is 6.56. The maximum Gasteiger partial charge on any atom is 0.478 e. The number of phosphoric acid groups is 1. The molecule has 0 bridgehead atoms. The third-order valence-corrected chi connectivity index (χ3v) is 5.39. The van der Waals surface area contributed by atoms with Crippen molar-refractivity contribution in [3.05, 3.63) is 96.1 Å². The fourth-order valence-electron chi connectivity index (χ4n) is 2.56. The maximum atomic E-state index is 13.1. The molecule has 0 aliphatic rings. The summed E-state index contributed by atoms with van der Waals surface area (Å²) < 4.78 is 35.1. The Morgan fingerprint density at radius 3 is 1.77 bits per heavy atom. The molecule has 1 amide bonds. The van der Waals surface area contributed by atoms with Crippen molar-refractivity contribution >= 4 is 19.4 Å². The summed E-state index contributed by atoms with van der Waals surface area (Å²) >= 11 is 0. The van der Waals surface area contributed by atoms with E-state index < -0.39 is 7.82 Å². The van der Waals surface area contributed by atoms with Crippen LogP contribution in [0.25, 0.3) is 0 Å². The van der Waals surface area contributed by atoms with Crippen LogP contribution < -0.4 is 10.1 Å². The molecule has 0 aliphatic carbocycles. The Kier molecular flexibility index (Phi) is 8.38. The second kappa shape index (κ2) is 11.4. The first-order chi connectivity index (χ1) is 15.0. The molecule has 0 spiro atoms. The molecule has 0 saturated heterocycles. The normalized spacial score (nSPS) is 11.1. The molecule has 0 unspecified atom stereocenters. The lowest BCUT2D eigenvalue weighted by Gasteiger charge is -2.18. The fraction of sp³-hybridized carbons (Fsp3) is 0.174. The van der Waals surface area contributed by atoms with Crippen LogP contribution in [0.15, 0.2) is 84.9 Å². The van der Waals surface area contributed by atoms with Gasteiger partial charge in [0.25, 0.3) is 0 Å². The first-order valence-electron chi connectivity index (χ1n) is 9.64. The number of carbonyl (C=O) groups excluding carboxylic acids is 1. The molecular formula is C23H24NO6P. The molecule has 3 rings (SSSR count). The number of hydrogen-bond donors (Lipinski definition) is 1. The molecule has 7 nitrogen and oxygen atoms in total. The number of ether oxygens (including phenoxy) is 1. The molecule has 0 fully saturated rings. The average Bonchev–Trinajstić information content (AvgIpc) is 2.79. The summed E-state index contributed by atoms with van der Waals surface area (Å²) in [4.78, 5) is 11.1. The van der Waals surface area contributed by atoms with Gasteiger partial charge in [-0.2, -0.15) is 0 Å². The number of amides is 1. The molecule has 8 heteroatoms. The minimum absolute atomic E-state index is 0.0678. The zero-order valence-electron chi connectivity index (χ0n) is 17.1. The van der Waals surface area contributed by atoms with Gasteiger partial charge in [0.05, 0.1) is 13.2 Å². The van der Waals surface area contributed by atoms with E-state index in [1.807, 2.05) is 60.7 Å². The third-order valence-electron chi connectivity index (χ3n) is 4.08. The highest BCUT2D eigenvalue weighted by Crippen LogP contribution is 2.50. The molecule has 0 radical (unpaired) electrons. The van der Waals surface area contributed by atoms with Crippen LogP contribution >= 0.6 is 7.82 Å². The lowest BCUT2D eigenvalue weighted by Crippen LogP contribution is -2.07. The number of nitrogens with one attached hydrogen (secondary N) is 1. The van der Waals surface area contributed by atoms with Crippen molar-refractivity contribution in [3.63, 3.8) is 0 Å². The topological polar surface area (TPSA) is 83.1 Å². The number of phosphoric ester groups is 1. The summed E-state index contributed by atoms with van der Waals surface area (Å²) in [6, 6.07) is 25.4.